The normalized spacial score (nSPS) is 11.0. The highest BCUT2D eigenvalue weighted by Crippen LogP contribution is 2.35. The molecule has 0 fully saturated rings. The highest BCUT2D eigenvalue weighted by atomic mass is 79.9. The molecule has 0 bridgehead atoms. The van der Waals surface area contributed by atoms with Gasteiger partial charge < -0.3 is 20.3 Å². The van der Waals surface area contributed by atoms with Crippen molar-refractivity contribution in [2.24, 2.45) is 0 Å². The topological polar surface area (TPSA) is 123 Å². The number of hydrogen-bond donors (Lipinski definition) is 2. The van der Waals surface area contributed by atoms with Gasteiger partial charge in [0.1, 0.15) is 18.8 Å². The average Bonchev–Trinajstić information content (AvgIpc) is 2.76. The van der Waals surface area contributed by atoms with Crippen molar-refractivity contribution in [3.8, 4) is 5.75 Å². The minimum atomic E-state index is -1.14. The van der Waals surface area contributed by atoms with Crippen molar-refractivity contribution >= 4 is 49.9 Å². The van der Waals surface area contributed by atoms with Gasteiger partial charge in [-0.2, -0.15) is 0 Å². The summed E-state index contributed by atoms with van der Waals surface area (Å²) < 4.78 is 33.6. The van der Waals surface area contributed by atoms with Gasteiger partial charge in [0.05, 0.1) is 39.1 Å². The van der Waals surface area contributed by atoms with E-state index in [0.29, 0.717) is 0 Å². The number of anilines is 2. The zero-order valence-electron chi connectivity index (χ0n) is 17.6. The Bertz CT molecular complexity index is 1210. The molecule has 0 aliphatic carbocycles. The van der Waals surface area contributed by atoms with Crippen molar-refractivity contribution in [1.82, 2.24) is 20.2 Å². The smallest absolute Gasteiger partial charge is 0.311 e. The number of nitro groups is 1. The molecule has 0 radical (unpaired) electrons. The van der Waals surface area contributed by atoms with E-state index in [9.17, 15) is 23.7 Å². The Morgan fingerprint density at radius 1 is 1.24 bits per heavy atom. The Labute approximate surface area is 195 Å². The molecule has 0 aliphatic rings. The second kappa shape index (κ2) is 10.4. The van der Waals surface area contributed by atoms with Gasteiger partial charge in [-0.3, -0.25) is 14.9 Å². The van der Waals surface area contributed by atoms with Crippen LogP contribution in [0.5, 0.6) is 5.75 Å². The molecule has 174 valence electrons. The third kappa shape index (κ3) is 5.87. The van der Waals surface area contributed by atoms with Gasteiger partial charge in [0.25, 0.3) is 0 Å². The fraction of sp³-hybridized carbons (Fsp3) is 0.250. The van der Waals surface area contributed by atoms with Crippen molar-refractivity contribution in [3.63, 3.8) is 0 Å². The molecule has 0 atom stereocenters. The van der Waals surface area contributed by atoms with E-state index >= 15 is 0 Å². The van der Waals surface area contributed by atoms with Gasteiger partial charge in [0, 0.05) is 12.1 Å². The van der Waals surface area contributed by atoms with Crippen LogP contribution in [0.3, 0.4) is 0 Å². The molecular formula is C20H19BrF2N6O4. The van der Waals surface area contributed by atoms with Gasteiger partial charge in [0.15, 0.2) is 17.4 Å². The molecule has 0 saturated carbocycles. The second-order valence-corrected chi connectivity index (χ2v) is 7.95. The third-order valence-electron chi connectivity index (χ3n) is 4.34. The second-order valence-electron chi connectivity index (χ2n) is 7.10. The van der Waals surface area contributed by atoms with Crippen molar-refractivity contribution in [2.75, 3.05) is 39.1 Å². The number of nitrogens with zero attached hydrogens (tertiary/aromatic N) is 4. The summed E-state index contributed by atoms with van der Waals surface area (Å²) in [6, 6.07) is 5.15. The Morgan fingerprint density at radius 2 is 2.00 bits per heavy atom. The summed E-state index contributed by atoms with van der Waals surface area (Å²) >= 11 is 2.90. The largest absolute Gasteiger partial charge is 0.485 e. The van der Waals surface area contributed by atoms with E-state index in [2.05, 4.69) is 36.5 Å². The number of fused-ring (bicyclic) bond motifs is 1. The summed E-state index contributed by atoms with van der Waals surface area (Å²) in [7, 11) is 3.50. The first-order valence-corrected chi connectivity index (χ1v) is 10.3. The minimum absolute atomic E-state index is 0.00884. The van der Waals surface area contributed by atoms with Crippen LogP contribution < -0.4 is 15.4 Å². The number of nitro benzene ring substituents is 1. The first-order chi connectivity index (χ1) is 15.7. The highest BCUT2D eigenvalue weighted by Gasteiger charge is 2.20. The number of likely N-dealkylation sites (N-methyl/N-ethyl adjacent to an activating group) is 1. The quantitative estimate of drug-likeness (QED) is 0.189. The zero-order chi connectivity index (χ0) is 24.1. The Hall–Kier alpha value is -3.45. The van der Waals surface area contributed by atoms with Crippen LogP contribution in [-0.4, -0.2) is 59.5 Å². The van der Waals surface area contributed by atoms with Crippen LogP contribution in [0.25, 0.3) is 10.9 Å². The standard InChI is InChI=1S/C20H19BrF2N6O4/c1-28(2)9-17(30)24-5-6-33-16-8-14-11(7-15(16)29(31)32)20(26-10-25-14)27-13-4-3-12(21)18(22)19(13)23/h3-4,7-8,10H,5-6,9H2,1-2H3,(H,24,30)(H,25,26,27). The van der Waals surface area contributed by atoms with E-state index in [1.165, 1.54) is 30.6 Å². The maximum atomic E-state index is 14.2. The summed E-state index contributed by atoms with van der Waals surface area (Å²) in [5, 5.41) is 17.1. The molecule has 2 N–H and O–H groups in total. The Morgan fingerprint density at radius 3 is 2.70 bits per heavy atom. The van der Waals surface area contributed by atoms with Gasteiger partial charge in [-0.15, -0.1) is 0 Å². The van der Waals surface area contributed by atoms with Crippen LogP contribution in [0, 0.1) is 21.7 Å². The number of ether oxygens (including phenoxy) is 1. The number of nitrogens with one attached hydrogen (secondary N) is 2. The van der Waals surface area contributed by atoms with Gasteiger partial charge in [-0.1, -0.05) is 0 Å². The van der Waals surface area contributed by atoms with Crippen LogP contribution in [0.1, 0.15) is 0 Å². The summed E-state index contributed by atoms with van der Waals surface area (Å²) in [5.74, 6) is -2.44. The first-order valence-electron chi connectivity index (χ1n) is 9.55. The number of rotatable bonds is 9. The molecule has 2 aromatic carbocycles. The molecule has 1 amide bonds. The van der Waals surface area contributed by atoms with E-state index in [1.54, 1.807) is 19.0 Å². The van der Waals surface area contributed by atoms with Gasteiger partial charge in [-0.05, 0) is 42.2 Å². The van der Waals surface area contributed by atoms with Crippen molar-refractivity contribution < 1.29 is 23.2 Å². The monoisotopic (exact) mass is 524 g/mol. The molecular weight excluding hydrogens is 506 g/mol. The molecule has 0 saturated heterocycles. The van der Waals surface area contributed by atoms with Crippen LogP contribution in [0.4, 0.5) is 26.0 Å². The molecule has 13 heteroatoms. The van der Waals surface area contributed by atoms with E-state index in [1.807, 2.05) is 0 Å². The predicted molar refractivity (Wildman–Crippen MR) is 121 cm³/mol. The Balaban J connectivity index is 1.85. The number of halogens is 3. The van der Waals surface area contributed by atoms with E-state index in [4.69, 9.17) is 4.74 Å². The summed E-state index contributed by atoms with van der Waals surface area (Å²) in [6.45, 7) is 0.337. The van der Waals surface area contributed by atoms with Gasteiger partial charge in [0.2, 0.25) is 5.91 Å². The molecule has 1 heterocycles. The van der Waals surface area contributed by atoms with Crippen molar-refractivity contribution in [1.29, 1.82) is 0 Å². The number of carbonyl (C=O) groups excluding carboxylic acids is 1. The maximum Gasteiger partial charge on any atom is 0.311 e. The van der Waals surface area contributed by atoms with Crippen molar-refractivity contribution in [2.45, 2.75) is 0 Å². The van der Waals surface area contributed by atoms with Crippen LogP contribution in [0.15, 0.2) is 35.1 Å². The lowest BCUT2D eigenvalue weighted by Gasteiger charge is -2.13. The number of aromatic nitrogens is 2. The number of benzene rings is 2. The maximum absolute atomic E-state index is 14.2. The van der Waals surface area contributed by atoms with Crippen molar-refractivity contribution in [3.05, 3.63) is 56.8 Å². The molecule has 1 aromatic heterocycles. The van der Waals surface area contributed by atoms with E-state index < -0.39 is 16.6 Å². The molecule has 33 heavy (non-hydrogen) atoms. The molecule has 3 aromatic rings. The van der Waals surface area contributed by atoms with Gasteiger partial charge in [-0.25, -0.2) is 18.7 Å². The fourth-order valence-electron chi connectivity index (χ4n) is 2.87. The molecule has 0 spiro atoms. The number of hydrogen-bond acceptors (Lipinski definition) is 8. The molecule has 0 aliphatic heterocycles. The third-order valence-corrected chi connectivity index (χ3v) is 4.96. The average molecular weight is 525 g/mol. The lowest BCUT2D eigenvalue weighted by atomic mass is 10.2. The predicted octanol–water partition coefficient (Wildman–Crippen LogP) is 3.38. The molecule has 3 rings (SSSR count). The van der Waals surface area contributed by atoms with E-state index in [-0.39, 0.29) is 63.9 Å². The summed E-state index contributed by atoms with van der Waals surface area (Å²) in [6.07, 6.45) is 1.18. The lowest BCUT2D eigenvalue weighted by Crippen LogP contribution is -2.35. The fourth-order valence-corrected chi connectivity index (χ4v) is 3.18. The summed E-state index contributed by atoms with van der Waals surface area (Å²) in [4.78, 5) is 32.4. The highest BCUT2D eigenvalue weighted by molar-refractivity contribution is 9.10. The number of amides is 1. The molecule has 10 nitrogen and oxygen atoms in total. The Kier molecular flexibility index (Phi) is 7.66. The lowest BCUT2D eigenvalue weighted by molar-refractivity contribution is -0.385. The van der Waals surface area contributed by atoms with Gasteiger partial charge >= 0.3 is 5.69 Å². The molecule has 0 unspecified atom stereocenters. The minimum Gasteiger partial charge on any atom is -0.485 e. The van der Waals surface area contributed by atoms with E-state index in [0.717, 1.165) is 0 Å². The zero-order valence-corrected chi connectivity index (χ0v) is 19.1. The summed E-state index contributed by atoms with van der Waals surface area (Å²) in [5.41, 5.74) is -0.294. The van der Waals surface area contributed by atoms with Crippen LogP contribution >= 0.6 is 15.9 Å². The first kappa shape index (κ1) is 24.2. The SMILES string of the molecule is CN(C)CC(=O)NCCOc1cc2ncnc(Nc3ccc(Br)c(F)c3F)c2cc1[N+](=O)[O-]. The van der Waals surface area contributed by atoms with Crippen LogP contribution in [-0.2, 0) is 4.79 Å². The number of carbonyl (C=O) groups is 1. The van der Waals surface area contributed by atoms with Crippen LogP contribution in [0.2, 0.25) is 0 Å².